The van der Waals surface area contributed by atoms with Gasteiger partial charge in [-0.2, -0.15) is 0 Å². The monoisotopic (exact) mass is 329 g/mol. The Kier molecular flexibility index (Phi) is 11.8. The van der Waals surface area contributed by atoms with E-state index in [1.165, 1.54) is 0 Å². The first kappa shape index (κ1) is 20.9. The fourth-order valence-corrected chi connectivity index (χ4v) is 4.52. The third kappa shape index (κ3) is 9.01. The van der Waals surface area contributed by atoms with Crippen molar-refractivity contribution in [2.75, 3.05) is 37.8 Å². The molecule has 0 saturated carbocycles. The first-order chi connectivity index (χ1) is 10.5. The highest BCUT2D eigenvalue weighted by atomic mass is 28.4. The van der Waals surface area contributed by atoms with Gasteiger partial charge < -0.3 is 30.5 Å². The number of benzene rings is 1. The van der Waals surface area contributed by atoms with Crippen LogP contribution in [0.1, 0.15) is 27.2 Å². The van der Waals surface area contributed by atoms with Crippen LogP contribution in [0.2, 0.25) is 6.04 Å². The van der Waals surface area contributed by atoms with Gasteiger partial charge >= 0.3 is 8.80 Å². The molecule has 0 fully saturated rings. The second-order valence-electron chi connectivity index (χ2n) is 4.54. The Morgan fingerprint density at radius 1 is 0.909 bits per heavy atom. The molecule has 6 N–H and O–H groups in total. The van der Waals surface area contributed by atoms with Crippen molar-refractivity contribution >= 4 is 20.2 Å². The van der Waals surface area contributed by atoms with Gasteiger partial charge in [-0.25, -0.2) is 0 Å². The lowest BCUT2D eigenvalue weighted by molar-refractivity contribution is 0.0710. The molecular weight excluding hydrogens is 298 g/mol. The van der Waals surface area contributed by atoms with E-state index in [4.69, 9.17) is 30.5 Å². The molecule has 0 amide bonds. The summed E-state index contributed by atoms with van der Waals surface area (Å²) in [6.45, 7) is 8.44. The fraction of sp³-hybridized carbons (Fsp3) is 0.600. The molecule has 0 aliphatic heterocycles. The zero-order valence-corrected chi connectivity index (χ0v) is 15.0. The molecule has 0 atom stereocenters. The summed E-state index contributed by atoms with van der Waals surface area (Å²) in [5.74, 6) is 0. The molecule has 6 nitrogen and oxygen atoms in total. The van der Waals surface area contributed by atoms with Gasteiger partial charge in [0.15, 0.2) is 0 Å². The summed E-state index contributed by atoms with van der Waals surface area (Å²) in [6.07, 6.45) is 0.895. The molecule has 0 heterocycles. The summed E-state index contributed by atoms with van der Waals surface area (Å²) in [5, 5.41) is 0. The smallest absolute Gasteiger partial charge is 0.399 e. The summed E-state index contributed by atoms with van der Waals surface area (Å²) < 4.78 is 17.0. The predicted octanol–water partition coefficient (Wildman–Crippen LogP) is 2.23. The Morgan fingerprint density at radius 3 is 1.64 bits per heavy atom. The zero-order valence-electron chi connectivity index (χ0n) is 14.0. The normalized spacial score (nSPS) is 10.9. The molecule has 1 aromatic rings. The number of nitrogens with two attached hydrogens (primary N) is 3. The topological polar surface area (TPSA) is 106 Å². The van der Waals surface area contributed by atoms with Crippen LogP contribution in [-0.2, 0) is 13.3 Å². The van der Waals surface area contributed by atoms with Gasteiger partial charge in [-0.05, 0) is 51.9 Å². The Hall–Kier alpha value is -1.12. The minimum atomic E-state index is -2.40. The number of anilines is 2. The maximum absolute atomic E-state index is 5.65. The third-order valence-electron chi connectivity index (χ3n) is 2.69. The fourth-order valence-electron chi connectivity index (χ4n) is 1.88. The SMILES string of the molecule is CCO[Si](CCCN)(OCC)OCC.Nc1cccc(N)c1. The molecule has 1 aromatic carbocycles. The molecule has 0 saturated heterocycles. The Bertz CT molecular complexity index is 360. The quantitative estimate of drug-likeness (QED) is 0.474. The minimum absolute atomic E-state index is 0.636. The van der Waals surface area contributed by atoms with E-state index >= 15 is 0 Å². The Balaban J connectivity index is 0.000000461. The molecule has 22 heavy (non-hydrogen) atoms. The van der Waals surface area contributed by atoms with Crippen molar-refractivity contribution in [2.45, 2.75) is 33.2 Å². The maximum atomic E-state index is 5.65. The van der Waals surface area contributed by atoms with Crippen LogP contribution in [0, 0.1) is 0 Å². The highest BCUT2D eigenvalue weighted by molar-refractivity contribution is 6.60. The standard InChI is InChI=1S/C9H23NO3Si.C6H8N2/c1-4-11-14(12-5-2,13-6-3)9-7-8-10;7-5-2-1-3-6(8)4-5/h4-10H2,1-3H3;1-4H,7-8H2. The molecule has 0 aromatic heterocycles. The van der Waals surface area contributed by atoms with E-state index in [1.54, 1.807) is 18.2 Å². The summed E-state index contributed by atoms with van der Waals surface area (Å²) in [5.41, 5.74) is 17.7. The van der Waals surface area contributed by atoms with Crippen molar-refractivity contribution in [1.82, 2.24) is 0 Å². The number of hydrogen-bond acceptors (Lipinski definition) is 6. The first-order valence-electron chi connectivity index (χ1n) is 7.76. The third-order valence-corrected chi connectivity index (χ3v) is 5.84. The minimum Gasteiger partial charge on any atom is -0.399 e. The van der Waals surface area contributed by atoms with Crippen LogP contribution >= 0.6 is 0 Å². The molecule has 0 aliphatic rings. The van der Waals surface area contributed by atoms with Crippen LogP contribution in [0.25, 0.3) is 0 Å². The molecule has 0 spiro atoms. The van der Waals surface area contributed by atoms with Gasteiger partial charge in [-0.1, -0.05) is 6.07 Å². The van der Waals surface area contributed by atoms with Crippen molar-refractivity contribution in [2.24, 2.45) is 5.73 Å². The van der Waals surface area contributed by atoms with E-state index < -0.39 is 8.80 Å². The van der Waals surface area contributed by atoms with Gasteiger partial charge in [0, 0.05) is 37.2 Å². The highest BCUT2D eigenvalue weighted by Gasteiger charge is 2.39. The molecular formula is C15H31N3O3Si. The maximum Gasteiger partial charge on any atom is 0.500 e. The van der Waals surface area contributed by atoms with E-state index in [0.29, 0.717) is 37.7 Å². The lowest BCUT2D eigenvalue weighted by Crippen LogP contribution is -2.46. The van der Waals surface area contributed by atoms with E-state index in [2.05, 4.69) is 0 Å². The molecule has 0 aliphatic carbocycles. The lowest BCUT2D eigenvalue weighted by Gasteiger charge is -2.28. The van der Waals surface area contributed by atoms with E-state index in [-0.39, 0.29) is 0 Å². The van der Waals surface area contributed by atoms with Gasteiger partial charge in [-0.3, -0.25) is 0 Å². The summed E-state index contributed by atoms with van der Waals surface area (Å²) >= 11 is 0. The zero-order chi connectivity index (χ0) is 16.8. The van der Waals surface area contributed by atoms with E-state index in [1.807, 2.05) is 26.8 Å². The van der Waals surface area contributed by atoms with Crippen LogP contribution < -0.4 is 17.2 Å². The van der Waals surface area contributed by atoms with Gasteiger partial charge in [0.25, 0.3) is 0 Å². The molecule has 1 rings (SSSR count). The number of rotatable bonds is 9. The van der Waals surface area contributed by atoms with Crippen LogP contribution in [0.5, 0.6) is 0 Å². The van der Waals surface area contributed by atoms with Crippen molar-refractivity contribution in [3.8, 4) is 0 Å². The van der Waals surface area contributed by atoms with Crippen LogP contribution in [0.4, 0.5) is 11.4 Å². The Morgan fingerprint density at radius 2 is 1.36 bits per heavy atom. The first-order valence-corrected chi connectivity index (χ1v) is 9.69. The van der Waals surface area contributed by atoms with Crippen LogP contribution in [0.15, 0.2) is 24.3 Å². The summed E-state index contributed by atoms with van der Waals surface area (Å²) in [7, 11) is -2.40. The predicted molar refractivity (Wildman–Crippen MR) is 94.4 cm³/mol. The number of nitrogen functional groups attached to an aromatic ring is 2. The largest absolute Gasteiger partial charge is 0.500 e. The van der Waals surface area contributed by atoms with E-state index in [9.17, 15) is 0 Å². The molecule has 0 radical (unpaired) electrons. The highest BCUT2D eigenvalue weighted by Crippen LogP contribution is 2.17. The van der Waals surface area contributed by atoms with Crippen LogP contribution in [0.3, 0.4) is 0 Å². The van der Waals surface area contributed by atoms with Crippen molar-refractivity contribution in [3.05, 3.63) is 24.3 Å². The molecule has 128 valence electrons. The average Bonchev–Trinajstić information content (AvgIpc) is 2.46. The second kappa shape index (κ2) is 12.4. The average molecular weight is 330 g/mol. The van der Waals surface area contributed by atoms with Crippen molar-refractivity contribution in [3.63, 3.8) is 0 Å². The summed E-state index contributed by atoms with van der Waals surface area (Å²) in [6, 6.07) is 7.97. The molecule has 0 unspecified atom stereocenters. The van der Waals surface area contributed by atoms with Crippen molar-refractivity contribution in [1.29, 1.82) is 0 Å². The molecule has 7 heteroatoms. The molecule has 0 bridgehead atoms. The van der Waals surface area contributed by atoms with Crippen LogP contribution in [-0.4, -0.2) is 35.2 Å². The van der Waals surface area contributed by atoms with E-state index in [0.717, 1.165) is 12.5 Å². The second-order valence-corrected chi connectivity index (χ2v) is 7.28. The number of hydrogen-bond donors (Lipinski definition) is 3. The Labute approximate surface area is 135 Å². The summed E-state index contributed by atoms with van der Waals surface area (Å²) in [4.78, 5) is 0. The van der Waals surface area contributed by atoms with Gasteiger partial charge in [0.05, 0.1) is 0 Å². The van der Waals surface area contributed by atoms with Crippen molar-refractivity contribution < 1.29 is 13.3 Å². The lowest BCUT2D eigenvalue weighted by atomic mass is 10.3. The van der Waals surface area contributed by atoms with Gasteiger partial charge in [-0.15, -0.1) is 0 Å². The van der Waals surface area contributed by atoms with Gasteiger partial charge in [0.1, 0.15) is 0 Å². The van der Waals surface area contributed by atoms with Gasteiger partial charge in [0.2, 0.25) is 0 Å².